The minimum absolute atomic E-state index is 0.111. The lowest BCUT2D eigenvalue weighted by Crippen LogP contribution is -2.36. The van der Waals surface area contributed by atoms with Gasteiger partial charge >= 0.3 is 0 Å². The number of hydrogen-bond donors (Lipinski definition) is 1. The molecule has 1 saturated heterocycles. The number of hydrogen-bond acceptors (Lipinski definition) is 5. The maximum Gasteiger partial charge on any atom is 0.246 e. The van der Waals surface area contributed by atoms with Gasteiger partial charge in [-0.15, -0.1) is 10.2 Å². The van der Waals surface area contributed by atoms with Crippen LogP contribution in [0.4, 0.5) is 0 Å². The Morgan fingerprint density at radius 3 is 2.96 bits per heavy atom. The molecule has 0 radical (unpaired) electrons. The molecular formula is C15H18ClN5O2. The van der Waals surface area contributed by atoms with Crippen LogP contribution in [-0.4, -0.2) is 45.4 Å². The van der Waals surface area contributed by atoms with Crippen LogP contribution in [-0.2, 0) is 9.53 Å². The van der Waals surface area contributed by atoms with E-state index in [4.69, 9.17) is 16.3 Å². The van der Waals surface area contributed by atoms with Gasteiger partial charge in [-0.3, -0.25) is 4.79 Å². The molecule has 1 aliphatic heterocycles. The molecule has 23 heavy (non-hydrogen) atoms. The van der Waals surface area contributed by atoms with Crippen molar-refractivity contribution in [2.75, 3.05) is 13.2 Å². The normalized spacial score (nSPS) is 18.8. The summed E-state index contributed by atoms with van der Waals surface area (Å²) in [5.41, 5.74) is 0.799. The molecule has 1 N–H and O–H groups in total. The number of aromatic nitrogens is 4. The Labute approximate surface area is 139 Å². The van der Waals surface area contributed by atoms with Gasteiger partial charge in [0, 0.05) is 23.7 Å². The molecule has 1 amide bonds. The van der Waals surface area contributed by atoms with E-state index in [0.29, 0.717) is 17.4 Å². The molecule has 0 bridgehead atoms. The standard InChI is InChI=1S/C15H18ClN5O2/c1-10(15(22)17-9-13-3-2-8-23-13)21-19-14(18-20-21)11-4-6-12(16)7-5-11/h4-7,10,13H,2-3,8-9H2,1H3,(H,17,22). The zero-order chi connectivity index (χ0) is 16.2. The van der Waals surface area contributed by atoms with Crippen LogP contribution in [0.15, 0.2) is 24.3 Å². The first-order valence-electron chi connectivity index (χ1n) is 7.58. The summed E-state index contributed by atoms with van der Waals surface area (Å²) in [6.45, 7) is 3.02. The van der Waals surface area contributed by atoms with Crippen LogP contribution in [0.25, 0.3) is 11.4 Å². The first-order chi connectivity index (χ1) is 11.1. The number of tetrazole rings is 1. The van der Waals surface area contributed by atoms with E-state index in [-0.39, 0.29) is 12.0 Å². The van der Waals surface area contributed by atoms with E-state index >= 15 is 0 Å². The molecular weight excluding hydrogens is 318 g/mol. The quantitative estimate of drug-likeness (QED) is 0.901. The minimum Gasteiger partial charge on any atom is -0.376 e. The number of carbonyl (C=O) groups is 1. The summed E-state index contributed by atoms with van der Waals surface area (Å²) < 4.78 is 5.48. The Bertz CT molecular complexity index is 667. The summed E-state index contributed by atoms with van der Waals surface area (Å²) in [6.07, 6.45) is 2.14. The lowest BCUT2D eigenvalue weighted by Gasteiger charge is -2.13. The average molecular weight is 336 g/mol. The smallest absolute Gasteiger partial charge is 0.246 e. The number of rotatable bonds is 5. The van der Waals surface area contributed by atoms with Gasteiger partial charge in [0.1, 0.15) is 6.04 Å². The molecule has 1 fully saturated rings. The third kappa shape index (κ3) is 3.86. The van der Waals surface area contributed by atoms with Crippen molar-refractivity contribution in [2.45, 2.75) is 31.9 Å². The molecule has 3 rings (SSSR count). The van der Waals surface area contributed by atoms with Gasteiger partial charge in [0.25, 0.3) is 0 Å². The number of carbonyl (C=O) groups excluding carboxylic acids is 1. The van der Waals surface area contributed by atoms with E-state index in [1.54, 1.807) is 19.1 Å². The summed E-state index contributed by atoms with van der Waals surface area (Å²) >= 11 is 5.86. The maximum atomic E-state index is 12.2. The predicted octanol–water partition coefficient (Wildman–Crippen LogP) is 1.85. The monoisotopic (exact) mass is 335 g/mol. The highest BCUT2D eigenvalue weighted by molar-refractivity contribution is 6.30. The fourth-order valence-corrected chi connectivity index (χ4v) is 2.50. The van der Waals surface area contributed by atoms with Crippen LogP contribution in [0, 0.1) is 0 Å². The lowest BCUT2D eigenvalue weighted by atomic mass is 10.2. The van der Waals surface area contributed by atoms with Crippen molar-refractivity contribution in [3.05, 3.63) is 29.3 Å². The summed E-state index contributed by atoms with van der Waals surface area (Å²) in [7, 11) is 0. The van der Waals surface area contributed by atoms with Crippen LogP contribution >= 0.6 is 11.6 Å². The first kappa shape index (κ1) is 15.9. The molecule has 2 unspecified atom stereocenters. The molecule has 0 spiro atoms. The molecule has 0 aliphatic carbocycles. The zero-order valence-corrected chi connectivity index (χ0v) is 13.5. The highest BCUT2D eigenvalue weighted by Gasteiger charge is 2.21. The van der Waals surface area contributed by atoms with Gasteiger partial charge in [0.15, 0.2) is 0 Å². The Morgan fingerprint density at radius 1 is 1.48 bits per heavy atom. The number of ether oxygens (including phenoxy) is 1. The SMILES string of the molecule is CC(C(=O)NCC1CCCO1)n1nnc(-c2ccc(Cl)cc2)n1. The van der Waals surface area contributed by atoms with Gasteiger partial charge in [0.05, 0.1) is 6.10 Å². The third-order valence-corrected chi connectivity index (χ3v) is 4.04. The van der Waals surface area contributed by atoms with Crippen LogP contribution in [0.2, 0.25) is 5.02 Å². The Hall–Kier alpha value is -1.99. The Morgan fingerprint density at radius 2 is 2.26 bits per heavy atom. The van der Waals surface area contributed by atoms with Crippen LogP contribution in [0.5, 0.6) is 0 Å². The van der Waals surface area contributed by atoms with Crippen molar-refractivity contribution in [3.63, 3.8) is 0 Å². The van der Waals surface area contributed by atoms with Crippen molar-refractivity contribution in [2.24, 2.45) is 0 Å². The molecule has 7 nitrogen and oxygen atoms in total. The second kappa shape index (κ2) is 7.06. The van der Waals surface area contributed by atoms with E-state index in [1.807, 2.05) is 12.1 Å². The van der Waals surface area contributed by atoms with Gasteiger partial charge < -0.3 is 10.1 Å². The molecule has 2 aromatic rings. The van der Waals surface area contributed by atoms with Crippen molar-refractivity contribution in [3.8, 4) is 11.4 Å². The molecule has 1 aromatic carbocycles. The fourth-order valence-electron chi connectivity index (χ4n) is 2.38. The van der Waals surface area contributed by atoms with Crippen molar-refractivity contribution < 1.29 is 9.53 Å². The van der Waals surface area contributed by atoms with Crippen molar-refractivity contribution >= 4 is 17.5 Å². The summed E-state index contributed by atoms with van der Waals surface area (Å²) in [6, 6.07) is 6.60. The number of nitrogens with zero attached hydrogens (tertiary/aromatic N) is 4. The lowest BCUT2D eigenvalue weighted by molar-refractivity contribution is -0.125. The highest BCUT2D eigenvalue weighted by Crippen LogP contribution is 2.18. The molecule has 122 valence electrons. The molecule has 8 heteroatoms. The molecule has 1 aliphatic rings. The Balaban J connectivity index is 1.62. The Kier molecular flexibility index (Phi) is 4.88. The van der Waals surface area contributed by atoms with E-state index in [1.165, 1.54) is 4.80 Å². The van der Waals surface area contributed by atoms with Gasteiger partial charge in [-0.2, -0.15) is 4.80 Å². The van der Waals surface area contributed by atoms with Gasteiger partial charge in [-0.1, -0.05) is 11.6 Å². The van der Waals surface area contributed by atoms with Gasteiger partial charge in [-0.25, -0.2) is 0 Å². The van der Waals surface area contributed by atoms with E-state index in [2.05, 4.69) is 20.7 Å². The molecule has 2 atom stereocenters. The first-order valence-corrected chi connectivity index (χ1v) is 7.96. The fraction of sp³-hybridized carbons (Fsp3) is 0.467. The van der Waals surface area contributed by atoms with Crippen LogP contribution in [0.3, 0.4) is 0 Å². The zero-order valence-electron chi connectivity index (χ0n) is 12.8. The second-order valence-corrected chi connectivity index (χ2v) is 5.93. The number of amides is 1. The minimum atomic E-state index is -0.537. The third-order valence-electron chi connectivity index (χ3n) is 3.78. The van der Waals surface area contributed by atoms with Crippen molar-refractivity contribution in [1.82, 2.24) is 25.5 Å². The largest absolute Gasteiger partial charge is 0.376 e. The number of nitrogens with one attached hydrogen (secondary N) is 1. The molecule has 0 saturated carbocycles. The maximum absolute atomic E-state index is 12.2. The van der Waals surface area contributed by atoms with Crippen LogP contribution < -0.4 is 5.32 Å². The van der Waals surface area contributed by atoms with Gasteiger partial charge in [-0.05, 0) is 49.2 Å². The molecule has 2 heterocycles. The second-order valence-electron chi connectivity index (χ2n) is 5.50. The predicted molar refractivity (Wildman–Crippen MR) is 85.0 cm³/mol. The topological polar surface area (TPSA) is 81.9 Å². The summed E-state index contributed by atoms with van der Waals surface area (Å²) in [5, 5.41) is 15.7. The van der Waals surface area contributed by atoms with Gasteiger partial charge in [0.2, 0.25) is 11.7 Å². The summed E-state index contributed by atoms with van der Waals surface area (Å²) in [5.74, 6) is 0.306. The average Bonchev–Trinajstić information content (AvgIpc) is 3.24. The number of halogens is 1. The summed E-state index contributed by atoms with van der Waals surface area (Å²) in [4.78, 5) is 13.5. The van der Waals surface area contributed by atoms with E-state index < -0.39 is 6.04 Å². The number of benzene rings is 1. The van der Waals surface area contributed by atoms with E-state index in [0.717, 1.165) is 25.0 Å². The molecule has 1 aromatic heterocycles. The van der Waals surface area contributed by atoms with Crippen molar-refractivity contribution in [1.29, 1.82) is 0 Å². The van der Waals surface area contributed by atoms with Crippen LogP contribution in [0.1, 0.15) is 25.8 Å². The van der Waals surface area contributed by atoms with E-state index in [9.17, 15) is 4.79 Å². The highest BCUT2D eigenvalue weighted by atomic mass is 35.5.